The maximum Gasteiger partial charge on any atom is 0.261 e. The van der Waals surface area contributed by atoms with E-state index < -0.39 is 9.84 Å². The Morgan fingerprint density at radius 2 is 1.93 bits per heavy atom. The van der Waals surface area contributed by atoms with Gasteiger partial charge < -0.3 is 5.32 Å². The van der Waals surface area contributed by atoms with Crippen molar-refractivity contribution >= 4 is 37.2 Å². The molecule has 2 unspecified atom stereocenters. The molecule has 0 spiro atoms. The molecule has 158 valence electrons. The summed E-state index contributed by atoms with van der Waals surface area (Å²) in [5.74, 6) is 0.111. The normalized spacial score (nSPS) is 19.6. The fraction of sp³-hybridized carbons (Fsp3) is 0.391. The quantitative estimate of drug-likeness (QED) is 0.585. The van der Waals surface area contributed by atoms with Gasteiger partial charge in [-0.1, -0.05) is 38.3 Å². The number of fused-ring (bicyclic) bond motifs is 1. The summed E-state index contributed by atoms with van der Waals surface area (Å²) in [6.45, 7) is 2.43. The van der Waals surface area contributed by atoms with Gasteiger partial charge in [0.15, 0.2) is 9.84 Å². The fourth-order valence-corrected chi connectivity index (χ4v) is 7.41. The lowest BCUT2D eigenvalue weighted by Crippen LogP contribution is -2.32. The Kier molecular flexibility index (Phi) is 6.20. The van der Waals surface area contributed by atoms with Gasteiger partial charge in [0.2, 0.25) is 0 Å². The third-order valence-electron chi connectivity index (χ3n) is 6.01. The zero-order valence-corrected chi connectivity index (χ0v) is 18.6. The molecule has 1 aromatic carbocycles. The first kappa shape index (κ1) is 21.0. The molecule has 0 saturated heterocycles. The Bertz CT molecular complexity index is 1100. The molecular weight excluding hydrogens is 416 g/mol. The van der Waals surface area contributed by atoms with Crippen LogP contribution >= 0.6 is 11.3 Å². The number of sulfone groups is 1. The number of hydrogen-bond acceptors (Lipinski definition) is 5. The van der Waals surface area contributed by atoms with Crippen molar-refractivity contribution in [1.82, 2.24) is 10.3 Å². The lowest BCUT2D eigenvalue weighted by molar-refractivity contribution is 0.0955. The molecule has 1 aliphatic carbocycles. The number of rotatable bonds is 6. The number of thiophene rings is 1. The summed E-state index contributed by atoms with van der Waals surface area (Å²) in [5.41, 5.74) is 0.876. The Morgan fingerprint density at radius 1 is 1.17 bits per heavy atom. The molecule has 2 atom stereocenters. The number of carbonyl (C=O) groups excluding carboxylic acids is 1. The van der Waals surface area contributed by atoms with Crippen LogP contribution in [-0.2, 0) is 16.4 Å². The van der Waals surface area contributed by atoms with Gasteiger partial charge in [0, 0.05) is 18.9 Å². The molecule has 1 N–H and O–H groups in total. The zero-order chi connectivity index (χ0) is 21.1. The van der Waals surface area contributed by atoms with Gasteiger partial charge in [-0.3, -0.25) is 9.78 Å². The minimum absolute atomic E-state index is 0.138. The molecular formula is C23H26N2O3S2. The van der Waals surface area contributed by atoms with E-state index in [4.69, 9.17) is 0 Å². The largest absolute Gasteiger partial charge is 0.347 e. The van der Waals surface area contributed by atoms with Gasteiger partial charge in [0.1, 0.15) is 0 Å². The summed E-state index contributed by atoms with van der Waals surface area (Å²) in [6.07, 6.45) is 8.23. The maximum atomic E-state index is 13.1. The second-order valence-corrected chi connectivity index (χ2v) is 11.1. The maximum absolute atomic E-state index is 13.1. The van der Waals surface area contributed by atoms with Crippen molar-refractivity contribution in [2.75, 3.05) is 0 Å². The van der Waals surface area contributed by atoms with Gasteiger partial charge in [-0.05, 0) is 54.0 Å². The van der Waals surface area contributed by atoms with Gasteiger partial charge >= 0.3 is 0 Å². The Labute approximate surface area is 181 Å². The second-order valence-electron chi connectivity index (χ2n) is 7.89. The van der Waals surface area contributed by atoms with Crippen molar-refractivity contribution in [1.29, 1.82) is 0 Å². The zero-order valence-electron chi connectivity index (χ0n) is 17.0. The Morgan fingerprint density at radius 3 is 2.67 bits per heavy atom. The third-order valence-corrected chi connectivity index (χ3v) is 9.45. The van der Waals surface area contributed by atoms with Crippen molar-refractivity contribution in [3.8, 4) is 0 Å². The first-order chi connectivity index (χ1) is 14.5. The van der Waals surface area contributed by atoms with E-state index in [0.717, 1.165) is 47.8 Å². The summed E-state index contributed by atoms with van der Waals surface area (Å²) >= 11 is 1.41. The topological polar surface area (TPSA) is 76.1 Å². The van der Waals surface area contributed by atoms with Crippen LogP contribution in [0.25, 0.3) is 10.1 Å². The van der Waals surface area contributed by atoms with Crippen LogP contribution in [0.4, 0.5) is 0 Å². The van der Waals surface area contributed by atoms with Gasteiger partial charge in [-0.15, -0.1) is 11.3 Å². The monoisotopic (exact) mass is 442 g/mol. The van der Waals surface area contributed by atoms with E-state index >= 15 is 0 Å². The molecule has 0 aliphatic heterocycles. The number of pyridine rings is 1. The van der Waals surface area contributed by atoms with Crippen molar-refractivity contribution in [2.24, 2.45) is 5.92 Å². The van der Waals surface area contributed by atoms with E-state index in [9.17, 15) is 13.2 Å². The van der Waals surface area contributed by atoms with Crippen molar-refractivity contribution in [3.63, 3.8) is 0 Å². The lowest BCUT2D eigenvalue weighted by atomic mass is 9.87. The average Bonchev–Trinajstić information content (AvgIpc) is 3.22. The molecule has 4 rings (SSSR count). The minimum Gasteiger partial charge on any atom is -0.347 e. The first-order valence-corrected chi connectivity index (χ1v) is 12.8. The molecule has 3 aromatic rings. The number of nitrogens with zero attached hydrogens (tertiary/aromatic N) is 1. The molecule has 5 nitrogen and oxygen atoms in total. The van der Waals surface area contributed by atoms with Crippen LogP contribution in [0, 0.1) is 5.92 Å². The molecule has 0 radical (unpaired) electrons. The SMILES string of the molecule is CCC1CCCCC1S(=O)(=O)c1ccc(CNC(=O)c2cc3ccncc3s2)cc1. The molecule has 7 heteroatoms. The van der Waals surface area contributed by atoms with Crippen LogP contribution in [-0.4, -0.2) is 24.6 Å². The number of aromatic nitrogens is 1. The summed E-state index contributed by atoms with van der Waals surface area (Å²) in [7, 11) is -3.32. The molecule has 30 heavy (non-hydrogen) atoms. The standard InChI is InChI=1S/C23H26N2O3S2/c1-2-17-5-3-4-6-22(17)30(27,28)19-9-7-16(8-10-19)14-25-23(26)20-13-18-11-12-24-15-21(18)29-20/h7-13,15,17,22H,2-6,14H2,1H3,(H,25,26). The fourth-order valence-electron chi connectivity index (χ4n) is 4.29. The number of amides is 1. The van der Waals surface area contributed by atoms with E-state index in [2.05, 4.69) is 17.2 Å². The third kappa shape index (κ3) is 4.27. The highest BCUT2D eigenvalue weighted by molar-refractivity contribution is 7.92. The minimum atomic E-state index is -3.32. The van der Waals surface area contributed by atoms with E-state index in [-0.39, 0.29) is 17.1 Å². The molecule has 1 amide bonds. The molecule has 1 aliphatic rings. The first-order valence-electron chi connectivity index (χ1n) is 10.4. The number of carbonyl (C=O) groups is 1. The van der Waals surface area contributed by atoms with E-state index in [1.54, 1.807) is 36.7 Å². The predicted molar refractivity (Wildman–Crippen MR) is 120 cm³/mol. The Hall–Kier alpha value is -2.25. The molecule has 1 saturated carbocycles. The van der Waals surface area contributed by atoms with E-state index in [1.807, 2.05) is 12.1 Å². The second kappa shape index (κ2) is 8.86. The van der Waals surface area contributed by atoms with Gasteiger partial charge in [0.05, 0.1) is 19.7 Å². The number of nitrogens with one attached hydrogen (secondary N) is 1. The summed E-state index contributed by atoms with van der Waals surface area (Å²) in [6, 6.07) is 10.7. The summed E-state index contributed by atoms with van der Waals surface area (Å²) < 4.78 is 27.2. The van der Waals surface area contributed by atoms with Crippen LogP contribution < -0.4 is 5.32 Å². The highest BCUT2D eigenvalue weighted by atomic mass is 32.2. The summed E-state index contributed by atoms with van der Waals surface area (Å²) in [4.78, 5) is 17.6. The summed E-state index contributed by atoms with van der Waals surface area (Å²) in [5, 5.41) is 3.64. The van der Waals surface area contributed by atoms with Crippen LogP contribution in [0.5, 0.6) is 0 Å². The van der Waals surface area contributed by atoms with Crippen LogP contribution in [0.2, 0.25) is 0 Å². The van der Waals surface area contributed by atoms with Crippen molar-refractivity contribution in [3.05, 3.63) is 59.2 Å². The average molecular weight is 443 g/mol. The lowest BCUT2D eigenvalue weighted by Gasteiger charge is -2.30. The number of benzene rings is 1. The van der Waals surface area contributed by atoms with Crippen molar-refractivity contribution in [2.45, 2.75) is 55.7 Å². The number of hydrogen-bond donors (Lipinski definition) is 1. The molecule has 2 heterocycles. The van der Waals surface area contributed by atoms with Gasteiger partial charge in [-0.25, -0.2) is 8.42 Å². The molecule has 0 bridgehead atoms. The van der Waals surface area contributed by atoms with Crippen molar-refractivity contribution < 1.29 is 13.2 Å². The van der Waals surface area contributed by atoms with Crippen LogP contribution in [0.3, 0.4) is 0 Å². The van der Waals surface area contributed by atoms with Gasteiger partial charge in [-0.2, -0.15) is 0 Å². The van der Waals surface area contributed by atoms with Crippen LogP contribution in [0.1, 0.15) is 54.3 Å². The van der Waals surface area contributed by atoms with Crippen LogP contribution in [0.15, 0.2) is 53.7 Å². The highest BCUT2D eigenvalue weighted by Gasteiger charge is 2.35. The van der Waals surface area contributed by atoms with E-state index in [1.165, 1.54) is 11.3 Å². The molecule has 2 aromatic heterocycles. The smallest absolute Gasteiger partial charge is 0.261 e. The highest BCUT2D eigenvalue weighted by Crippen LogP contribution is 2.35. The van der Waals surface area contributed by atoms with Gasteiger partial charge in [0.25, 0.3) is 5.91 Å². The van der Waals surface area contributed by atoms with E-state index in [0.29, 0.717) is 16.3 Å². The predicted octanol–water partition coefficient (Wildman–Crippen LogP) is 4.97. The Balaban J connectivity index is 1.42. The molecule has 1 fully saturated rings.